The molecule has 1 heterocycles. The summed E-state index contributed by atoms with van der Waals surface area (Å²) in [7, 11) is 0. The number of carbonyl (C=O) groups is 9. The van der Waals surface area contributed by atoms with E-state index in [0.717, 1.165) is 41.6 Å². The third-order valence-corrected chi connectivity index (χ3v) is 17.9. The van der Waals surface area contributed by atoms with Crippen LogP contribution >= 0.6 is 11.3 Å². The first-order chi connectivity index (χ1) is 43.6. The highest BCUT2D eigenvalue weighted by atomic mass is 32.1. The number of para-hydroxylation sites is 1. The largest absolute Gasteiger partial charge is 0.465 e. The van der Waals surface area contributed by atoms with Crippen molar-refractivity contribution in [1.82, 2.24) is 4.98 Å². The number of hydrogen-bond acceptors (Lipinski definition) is 22. The second kappa shape index (κ2) is 36.8. The Morgan fingerprint density at radius 1 is 0.522 bits per heavy atom. The Balaban J connectivity index is 0.923. The molecule has 4 fully saturated rings. The summed E-state index contributed by atoms with van der Waals surface area (Å²) < 4.78 is 51.2. The lowest BCUT2D eigenvalue weighted by Gasteiger charge is -2.30. The van der Waals surface area contributed by atoms with Gasteiger partial charge in [-0.3, -0.25) is 28.8 Å². The minimum absolute atomic E-state index is 0.199. The summed E-state index contributed by atoms with van der Waals surface area (Å²) in [4.78, 5) is 119. The van der Waals surface area contributed by atoms with Crippen LogP contribution in [0, 0.1) is 35.5 Å². The summed E-state index contributed by atoms with van der Waals surface area (Å²) >= 11 is 1.48. The molecule has 0 spiro atoms. The van der Waals surface area contributed by atoms with Crippen molar-refractivity contribution in [3.8, 4) is 11.5 Å². The molecule has 4 saturated carbocycles. The maximum Gasteiger partial charge on any atom is 0.333 e. The molecule has 0 atom stereocenters. The molecule has 0 saturated heterocycles. The van der Waals surface area contributed by atoms with Gasteiger partial charge < -0.3 is 42.6 Å². The zero-order chi connectivity index (χ0) is 64.2. The zero-order valence-electron chi connectivity index (χ0n) is 51.8. The van der Waals surface area contributed by atoms with Crippen LogP contribution in [0.15, 0.2) is 85.0 Å². The number of nitrogens with zero attached hydrogens (tertiary/aromatic N) is 3. The number of benzene rings is 2. The number of esters is 9. The van der Waals surface area contributed by atoms with Crippen molar-refractivity contribution in [3.05, 3.63) is 85.5 Å². The van der Waals surface area contributed by atoms with Gasteiger partial charge in [0.25, 0.3) is 0 Å². The van der Waals surface area contributed by atoms with Gasteiger partial charge in [0.1, 0.15) is 23.7 Å². The fourth-order valence-electron chi connectivity index (χ4n) is 11.4. The molecule has 0 unspecified atom stereocenters. The third kappa shape index (κ3) is 22.6. The predicted octanol–water partition coefficient (Wildman–Crippen LogP) is 11.5. The van der Waals surface area contributed by atoms with E-state index in [9.17, 15) is 43.2 Å². The molecular weight excluding hydrogens is 1180 g/mol. The molecule has 4 aliphatic carbocycles. The first-order valence-corrected chi connectivity index (χ1v) is 32.8. The van der Waals surface area contributed by atoms with E-state index < -0.39 is 41.7 Å². The summed E-state index contributed by atoms with van der Waals surface area (Å²) in [5, 5.41) is 7.37. The third-order valence-electron chi connectivity index (χ3n) is 16.9. The molecule has 4 aliphatic rings. The Hall–Kier alpha value is -7.75. The summed E-state index contributed by atoms with van der Waals surface area (Å²) in [6.45, 7) is 13.6. The molecule has 0 N–H and O–H groups in total. The van der Waals surface area contributed by atoms with Crippen molar-refractivity contribution in [2.75, 3.05) is 44.6 Å². The number of unbranched alkanes of at least 4 members (excludes halogenated alkanes) is 5. The molecule has 22 heteroatoms. The molecular formula is C68H87N3O18S. The lowest BCUT2D eigenvalue weighted by molar-refractivity contribution is -0.161. The summed E-state index contributed by atoms with van der Waals surface area (Å²) in [5.41, 5.74) is 1.53. The molecule has 1 aromatic heterocycles. The standard InChI is InChI=1S/C68H87N3O18S/c1-5-59(72)81-38-13-15-41-84-62(75)46-19-23-48(24-20-46)64(77)86-53-31-27-50(28-32-53)66(79)88-55-35-36-57(52(43-55)44-69-71(68-70-56-17-9-10-18-58(56)90-68)37-11-7-8-12-40-83-61(74)45(3)4)89-67(80)51-29-33-54(34-30-51)87-65(78)49-25-21-47(22-26-49)63(76)85-42-16-14-39-82-60(73)6-2/h5-6,9-10,17-18,35-36,43-44,46-51,53-54H,1-3,7-8,11-16,19-34,37-42H2,4H3/b69-44+. The van der Waals surface area contributed by atoms with Gasteiger partial charge in [-0.2, -0.15) is 5.10 Å². The average Bonchev–Trinajstić information content (AvgIpc) is 2.07. The maximum atomic E-state index is 14.0. The second-order valence-corrected chi connectivity index (χ2v) is 24.6. The van der Waals surface area contributed by atoms with Gasteiger partial charge in [-0.05, 0) is 185 Å². The summed E-state index contributed by atoms with van der Waals surface area (Å²) in [5.74, 6) is -5.27. The van der Waals surface area contributed by atoms with E-state index in [4.69, 9.17) is 52.7 Å². The van der Waals surface area contributed by atoms with E-state index in [2.05, 4.69) is 19.7 Å². The van der Waals surface area contributed by atoms with Crippen LogP contribution in [0.5, 0.6) is 11.5 Å². The van der Waals surface area contributed by atoms with Crippen molar-refractivity contribution in [3.63, 3.8) is 0 Å². The van der Waals surface area contributed by atoms with E-state index >= 15 is 0 Å². The molecule has 2 aromatic carbocycles. The normalized spacial score (nSPS) is 21.6. The van der Waals surface area contributed by atoms with Gasteiger partial charge >= 0.3 is 53.7 Å². The number of carbonyl (C=O) groups excluding carboxylic acids is 9. The van der Waals surface area contributed by atoms with Crippen LogP contribution in [0.4, 0.5) is 5.13 Å². The number of fused-ring (bicyclic) bond motifs is 1. The number of hydrazone groups is 1. The molecule has 0 bridgehead atoms. The van der Waals surface area contributed by atoms with E-state index in [1.807, 2.05) is 24.3 Å². The molecule has 3 aromatic rings. The number of rotatable bonds is 33. The van der Waals surface area contributed by atoms with Gasteiger partial charge in [-0.1, -0.05) is 49.6 Å². The summed E-state index contributed by atoms with van der Waals surface area (Å²) in [6, 6.07) is 12.6. The maximum absolute atomic E-state index is 14.0. The lowest BCUT2D eigenvalue weighted by atomic mass is 9.82. The van der Waals surface area contributed by atoms with Crippen LogP contribution < -0.4 is 14.5 Å². The quantitative estimate of drug-likeness (QED) is 0.0104. The van der Waals surface area contributed by atoms with Gasteiger partial charge in [-0.15, -0.1) is 0 Å². The van der Waals surface area contributed by atoms with Crippen LogP contribution in [0.1, 0.15) is 167 Å². The highest BCUT2D eigenvalue weighted by molar-refractivity contribution is 7.22. The average molecular weight is 1270 g/mol. The topological polar surface area (TPSA) is 265 Å². The Morgan fingerprint density at radius 2 is 0.956 bits per heavy atom. The smallest absolute Gasteiger partial charge is 0.333 e. The second-order valence-electron chi connectivity index (χ2n) is 23.6. The van der Waals surface area contributed by atoms with E-state index in [0.29, 0.717) is 164 Å². The van der Waals surface area contributed by atoms with Gasteiger partial charge in [-0.25, -0.2) is 24.4 Å². The van der Waals surface area contributed by atoms with Crippen LogP contribution in [0.3, 0.4) is 0 Å². The fourth-order valence-corrected chi connectivity index (χ4v) is 12.4. The molecule has 488 valence electrons. The molecule has 21 nitrogen and oxygen atoms in total. The number of aromatic nitrogens is 1. The number of thiazole rings is 1. The molecule has 90 heavy (non-hydrogen) atoms. The van der Waals surface area contributed by atoms with Crippen LogP contribution in [0.2, 0.25) is 0 Å². The minimum Gasteiger partial charge on any atom is -0.465 e. The van der Waals surface area contributed by atoms with Crippen molar-refractivity contribution in [2.45, 2.75) is 173 Å². The summed E-state index contributed by atoms with van der Waals surface area (Å²) in [6.07, 6.45) is 16.0. The Kier molecular flexibility index (Phi) is 28.5. The minimum atomic E-state index is -0.495. The first kappa shape index (κ1) is 69.7. The molecule has 0 aliphatic heterocycles. The monoisotopic (exact) mass is 1270 g/mol. The SMILES string of the molecule is C=CC(=O)OCCCCOC(=O)C1CCC(C(=O)OC2CCC(C(=O)Oc3ccc(OC(=O)C4CCC(OC(=O)C5CCC(C(=O)OCCCCOC(=O)C=C)CC5)CC4)c(/C=N/N(CCCCCCOC(=O)C(=C)C)c4nc5ccccc5s4)c3)CC2)CC1. The van der Waals surface area contributed by atoms with Crippen molar-refractivity contribution < 1.29 is 85.8 Å². The van der Waals surface area contributed by atoms with E-state index in [1.165, 1.54) is 11.3 Å². The van der Waals surface area contributed by atoms with Gasteiger partial charge in [0.2, 0.25) is 5.13 Å². The molecule has 0 radical (unpaired) electrons. The molecule has 7 rings (SSSR count). The van der Waals surface area contributed by atoms with Crippen molar-refractivity contribution in [1.29, 1.82) is 0 Å². The fraction of sp³-hybridized carbons (Fsp3) is 0.574. The first-order valence-electron chi connectivity index (χ1n) is 32.0. The number of hydrogen-bond donors (Lipinski definition) is 0. The van der Waals surface area contributed by atoms with Crippen molar-refractivity contribution in [2.24, 2.45) is 40.6 Å². The highest BCUT2D eigenvalue weighted by Gasteiger charge is 2.37. The highest BCUT2D eigenvalue weighted by Crippen LogP contribution is 2.37. The van der Waals surface area contributed by atoms with Crippen LogP contribution in [0.25, 0.3) is 10.2 Å². The number of ether oxygens (including phenoxy) is 9. The molecule has 0 amide bonds. The van der Waals surface area contributed by atoms with Crippen LogP contribution in [-0.4, -0.2) is 117 Å². The van der Waals surface area contributed by atoms with Crippen molar-refractivity contribution >= 4 is 86.6 Å². The predicted molar refractivity (Wildman–Crippen MR) is 334 cm³/mol. The van der Waals surface area contributed by atoms with Gasteiger partial charge in [0.05, 0.1) is 85.0 Å². The van der Waals surface area contributed by atoms with E-state index in [1.54, 1.807) is 36.3 Å². The Labute approximate surface area is 530 Å². The zero-order valence-corrected chi connectivity index (χ0v) is 52.6. The van der Waals surface area contributed by atoms with Crippen LogP contribution in [-0.2, 0) is 76.3 Å². The Morgan fingerprint density at radius 3 is 1.46 bits per heavy atom. The van der Waals surface area contributed by atoms with Gasteiger partial charge in [0.15, 0.2) is 0 Å². The number of anilines is 1. The van der Waals surface area contributed by atoms with Gasteiger partial charge in [0, 0.05) is 29.8 Å². The Bertz CT molecular complexity index is 2950. The lowest BCUT2D eigenvalue weighted by Crippen LogP contribution is -2.33. The van der Waals surface area contributed by atoms with E-state index in [-0.39, 0.29) is 97.7 Å².